The van der Waals surface area contributed by atoms with Gasteiger partial charge >= 0.3 is 0 Å². The average Bonchev–Trinajstić information content (AvgIpc) is 2.60. The maximum absolute atomic E-state index is 14.0. The molecule has 2 aromatic rings. The van der Waals surface area contributed by atoms with Gasteiger partial charge in [0.15, 0.2) is 11.6 Å². The molecule has 0 radical (unpaired) electrons. The summed E-state index contributed by atoms with van der Waals surface area (Å²) in [5.74, 6) is 1.91. The Morgan fingerprint density at radius 1 is 1.26 bits per heavy atom. The van der Waals surface area contributed by atoms with Crippen LogP contribution in [0.2, 0.25) is 0 Å². The summed E-state index contributed by atoms with van der Waals surface area (Å²) in [5.41, 5.74) is 0.638. The van der Waals surface area contributed by atoms with Gasteiger partial charge in [0.05, 0.1) is 12.6 Å². The Morgan fingerprint density at radius 3 is 3.00 bits per heavy atom. The average molecular weight is 333 g/mol. The first kappa shape index (κ1) is 15.0. The predicted molar refractivity (Wildman–Crippen MR) is 91.9 cm³/mol. The van der Waals surface area contributed by atoms with E-state index in [0.717, 1.165) is 23.5 Å². The van der Waals surface area contributed by atoms with E-state index in [1.165, 1.54) is 38.9 Å². The first-order valence-electron chi connectivity index (χ1n) is 8.14. The third-order valence-corrected chi connectivity index (χ3v) is 6.29. The van der Waals surface area contributed by atoms with Crippen LogP contribution in [-0.2, 0) is 0 Å². The van der Waals surface area contributed by atoms with Crippen molar-refractivity contribution in [2.75, 3.05) is 24.3 Å². The second kappa shape index (κ2) is 6.15. The van der Waals surface area contributed by atoms with Crippen molar-refractivity contribution in [3.05, 3.63) is 24.3 Å². The van der Waals surface area contributed by atoms with E-state index >= 15 is 0 Å². The van der Waals surface area contributed by atoms with Crippen LogP contribution in [0.15, 0.2) is 18.5 Å². The summed E-state index contributed by atoms with van der Waals surface area (Å²) in [6.07, 6.45) is 6.64. The predicted octanol–water partition coefficient (Wildman–Crippen LogP) is 3.64. The van der Waals surface area contributed by atoms with E-state index < -0.39 is 0 Å². The molecule has 2 heterocycles. The van der Waals surface area contributed by atoms with Gasteiger partial charge in [-0.25, -0.2) is 14.4 Å². The number of nitrogens with zero attached hydrogens (tertiary/aromatic N) is 3. The van der Waals surface area contributed by atoms with Gasteiger partial charge in [0.2, 0.25) is 0 Å². The standard InChI is InChI=1S/C17H20FN3OS/c1-22-15-8-11-13(9-12(15)18)19-10-20-17(11)21-6-7-23-16-5-3-2-4-14(16)21/h8-10,14,16H,2-7H2,1H3. The van der Waals surface area contributed by atoms with E-state index in [4.69, 9.17) is 4.74 Å². The number of thioether (sulfide) groups is 1. The van der Waals surface area contributed by atoms with Crippen LogP contribution >= 0.6 is 11.8 Å². The molecule has 6 heteroatoms. The lowest BCUT2D eigenvalue weighted by Crippen LogP contribution is -2.49. The molecule has 4 nitrogen and oxygen atoms in total. The molecule has 1 saturated heterocycles. The molecule has 2 fully saturated rings. The number of anilines is 1. The maximum Gasteiger partial charge on any atom is 0.167 e. The number of halogens is 1. The van der Waals surface area contributed by atoms with Crippen LogP contribution in [0.25, 0.3) is 10.9 Å². The van der Waals surface area contributed by atoms with Crippen molar-refractivity contribution in [2.24, 2.45) is 0 Å². The first-order chi connectivity index (χ1) is 11.3. The number of benzene rings is 1. The topological polar surface area (TPSA) is 38.2 Å². The highest BCUT2D eigenvalue weighted by atomic mass is 32.2. The second-order valence-corrected chi connectivity index (χ2v) is 7.50. The summed E-state index contributed by atoms with van der Waals surface area (Å²) in [7, 11) is 1.49. The summed E-state index contributed by atoms with van der Waals surface area (Å²) in [6.45, 7) is 0.984. The number of hydrogen-bond acceptors (Lipinski definition) is 5. The SMILES string of the molecule is COc1cc2c(N3CCSC4CCCCC43)ncnc2cc1F. The zero-order chi connectivity index (χ0) is 15.8. The molecule has 1 saturated carbocycles. The van der Waals surface area contributed by atoms with Gasteiger partial charge in [-0.3, -0.25) is 0 Å². The third-order valence-electron chi connectivity index (χ3n) is 4.89. The zero-order valence-electron chi connectivity index (χ0n) is 13.2. The molecule has 23 heavy (non-hydrogen) atoms. The molecule has 1 aliphatic heterocycles. The highest BCUT2D eigenvalue weighted by Crippen LogP contribution is 2.39. The van der Waals surface area contributed by atoms with Crippen molar-refractivity contribution < 1.29 is 9.13 Å². The van der Waals surface area contributed by atoms with E-state index in [1.54, 1.807) is 12.4 Å². The minimum atomic E-state index is -0.380. The Labute approximate surface area is 139 Å². The zero-order valence-corrected chi connectivity index (χ0v) is 14.0. The lowest BCUT2D eigenvalue weighted by molar-refractivity contribution is 0.387. The number of methoxy groups -OCH3 is 1. The van der Waals surface area contributed by atoms with Gasteiger partial charge < -0.3 is 9.64 Å². The van der Waals surface area contributed by atoms with Crippen molar-refractivity contribution in [1.82, 2.24) is 9.97 Å². The third kappa shape index (κ3) is 2.63. The molecule has 2 aliphatic rings. The van der Waals surface area contributed by atoms with Crippen molar-refractivity contribution >= 4 is 28.5 Å². The van der Waals surface area contributed by atoms with Crippen LogP contribution in [-0.4, -0.2) is 40.7 Å². The van der Waals surface area contributed by atoms with Crippen LogP contribution in [0.1, 0.15) is 25.7 Å². The fourth-order valence-corrected chi connectivity index (χ4v) is 5.23. The summed E-state index contributed by atoms with van der Waals surface area (Å²) in [6, 6.07) is 3.70. The molecule has 122 valence electrons. The smallest absolute Gasteiger partial charge is 0.167 e. The Morgan fingerprint density at radius 2 is 2.13 bits per heavy atom. The molecule has 1 aromatic heterocycles. The van der Waals surface area contributed by atoms with Gasteiger partial charge in [0.25, 0.3) is 0 Å². The Kier molecular flexibility index (Phi) is 4.01. The summed E-state index contributed by atoms with van der Waals surface area (Å²) in [4.78, 5) is 11.2. The molecule has 1 aromatic carbocycles. The number of aromatic nitrogens is 2. The molecular weight excluding hydrogens is 313 g/mol. The van der Waals surface area contributed by atoms with Gasteiger partial charge in [0, 0.05) is 35.0 Å². The van der Waals surface area contributed by atoms with E-state index in [1.807, 2.05) is 0 Å². The van der Waals surface area contributed by atoms with Crippen LogP contribution < -0.4 is 9.64 Å². The van der Waals surface area contributed by atoms with Gasteiger partial charge in [0.1, 0.15) is 12.1 Å². The van der Waals surface area contributed by atoms with Crippen molar-refractivity contribution in [1.29, 1.82) is 0 Å². The normalized spacial score (nSPS) is 24.5. The molecule has 0 amide bonds. The van der Waals surface area contributed by atoms with E-state index in [2.05, 4.69) is 26.6 Å². The highest BCUT2D eigenvalue weighted by Gasteiger charge is 2.35. The molecule has 1 aliphatic carbocycles. The lowest BCUT2D eigenvalue weighted by atomic mass is 9.93. The van der Waals surface area contributed by atoms with Gasteiger partial charge in [-0.2, -0.15) is 11.8 Å². The summed E-state index contributed by atoms with van der Waals surface area (Å²) >= 11 is 2.09. The monoisotopic (exact) mass is 333 g/mol. The Bertz CT molecular complexity index is 724. The molecule has 2 atom stereocenters. The van der Waals surface area contributed by atoms with E-state index in [9.17, 15) is 4.39 Å². The van der Waals surface area contributed by atoms with Gasteiger partial charge in [-0.1, -0.05) is 12.8 Å². The lowest BCUT2D eigenvalue weighted by Gasteiger charge is -2.44. The van der Waals surface area contributed by atoms with Crippen LogP contribution in [0.4, 0.5) is 10.2 Å². The quantitative estimate of drug-likeness (QED) is 0.839. The Balaban J connectivity index is 1.81. The minimum absolute atomic E-state index is 0.250. The maximum atomic E-state index is 14.0. The number of fused-ring (bicyclic) bond motifs is 2. The Hall–Kier alpha value is -1.56. The largest absolute Gasteiger partial charge is 0.494 e. The van der Waals surface area contributed by atoms with Crippen LogP contribution in [0.5, 0.6) is 5.75 Å². The molecule has 2 unspecified atom stereocenters. The minimum Gasteiger partial charge on any atom is -0.494 e. The first-order valence-corrected chi connectivity index (χ1v) is 9.19. The molecule has 4 rings (SSSR count). The van der Waals surface area contributed by atoms with Crippen LogP contribution in [0, 0.1) is 5.82 Å². The highest BCUT2D eigenvalue weighted by molar-refractivity contribution is 8.00. The number of hydrogen-bond donors (Lipinski definition) is 0. The number of rotatable bonds is 2. The van der Waals surface area contributed by atoms with Crippen molar-refractivity contribution in [3.8, 4) is 5.75 Å². The second-order valence-electron chi connectivity index (χ2n) is 6.16. The summed E-state index contributed by atoms with van der Waals surface area (Å²) < 4.78 is 19.1. The van der Waals surface area contributed by atoms with E-state index in [-0.39, 0.29) is 11.6 Å². The molecule has 0 N–H and O–H groups in total. The van der Waals surface area contributed by atoms with Gasteiger partial charge in [-0.15, -0.1) is 0 Å². The fraction of sp³-hybridized carbons (Fsp3) is 0.529. The summed E-state index contributed by atoms with van der Waals surface area (Å²) in [5, 5.41) is 1.56. The molecular formula is C17H20FN3OS. The van der Waals surface area contributed by atoms with Gasteiger partial charge in [-0.05, 0) is 18.9 Å². The van der Waals surface area contributed by atoms with Crippen LogP contribution in [0.3, 0.4) is 0 Å². The number of ether oxygens (including phenoxy) is 1. The van der Waals surface area contributed by atoms with Crippen molar-refractivity contribution in [3.63, 3.8) is 0 Å². The molecule has 0 spiro atoms. The molecule has 0 bridgehead atoms. The van der Waals surface area contributed by atoms with E-state index in [0.29, 0.717) is 16.8 Å². The fourth-order valence-electron chi connectivity index (χ4n) is 3.79. The van der Waals surface area contributed by atoms with Crippen molar-refractivity contribution in [2.45, 2.75) is 37.0 Å².